The number of nitrogens with one attached hydrogen (secondary N) is 6. The lowest BCUT2D eigenvalue weighted by atomic mass is 10.4. The predicted molar refractivity (Wildman–Crippen MR) is 121 cm³/mol. The Labute approximate surface area is 184 Å². The first kappa shape index (κ1) is 40.3. The third-order valence-electron chi connectivity index (χ3n) is 2.87. The van der Waals surface area contributed by atoms with Crippen molar-refractivity contribution in [1.29, 1.82) is 0 Å². The van der Waals surface area contributed by atoms with Gasteiger partial charge in [0.1, 0.15) is 0 Å². The smallest absolute Gasteiger partial charge is 0.00772 e. The number of hydrogen-bond acceptors (Lipinski definition) is 6. The topological polar surface area (TPSA) is 72.2 Å². The Morgan fingerprint density at radius 3 is 0.375 bits per heavy atom. The molecule has 0 bridgehead atoms. The quantitative estimate of drug-likeness (QED) is 0.297. The van der Waals surface area contributed by atoms with E-state index in [0.29, 0.717) is 0 Å². The molecule has 1 saturated heterocycles. The molecule has 0 saturated carbocycles. The van der Waals surface area contributed by atoms with Gasteiger partial charge in [0, 0.05) is 78.5 Å². The minimum absolute atomic E-state index is 0. The average molecular weight is 477 g/mol. The standard InChI is InChI=1S/C12H30N6.6ClH/c1-2-14-5-6-16-9-10-18-12-11-17-8-7-15-4-3-13-1;;;;;;/h13-18H,1-12H2;6*1H. The summed E-state index contributed by atoms with van der Waals surface area (Å²) in [6.07, 6.45) is 0. The largest absolute Gasteiger partial charge is 0.314 e. The van der Waals surface area contributed by atoms with Crippen molar-refractivity contribution >= 4 is 74.4 Å². The van der Waals surface area contributed by atoms with Crippen LogP contribution in [0.2, 0.25) is 0 Å². The highest BCUT2D eigenvalue weighted by Gasteiger charge is 1.92. The maximum atomic E-state index is 3.41. The van der Waals surface area contributed by atoms with Crippen LogP contribution in [0.15, 0.2) is 0 Å². The molecule has 1 aliphatic rings. The Morgan fingerprint density at radius 2 is 0.292 bits per heavy atom. The maximum Gasteiger partial charge on any atom is 0.00772 e. The first-order chi connectivity index (χ1) is 9.00. The van der Waals surface area contributed by atoms with Gasteiger partial charge >= 0.3 is 0 Å². The Hall–Kier alpha value is 1.50. The van der Waals surface area contributed by atoms with Crippen molar-refractivity contribution < 1.29 is 0 Å². The van der Waals surface area contributed by atoms with Gasteiger partial charge in [-0.05, 0) is 0 Å². The summed E-state index contributed by atoms with van der Waals surface area (Å²) in [7, 11) is 0. The molecule has 156 valence electrons. The molecule has 1 rings (SSSR count). The minimum atomic E-state index is 0. The van der Waals surface area contributed by atoms with E-state index in [9.17, 15) is 0 Å². The van der Waals surface area contributed by atoms with Crippen LogP contribution in [0.4, 0.5) is 0 Å². The Balaban J connectivity index is -0.000000135. The molecule has 0 atom stereocenters. The molecule has 0 aromatic carbocycles. The van der Waals surface area contributed by atoms with Gasteiger partial charge in [-0.15, -0.1) is 74.4 Å². The van der Waals surface area contributed by atoms with E-state index in [1.165, 1.54) is 0 Å². The number of rotatable bonds is 0. The van der Waals surface area contributed by atoms with Crippen molar-refractivity contribution in [2.75, 3.05) is 78.5 Å². The summed E-state index contributed by atoms with van der Waals surface area (Å²) in [6.45, 7) is 12.5. The molecule has 12 heteroatoms. The fraction of sp³-hybridized carbons (Fsp3) is 1.00. The van der Waals surface area contributed by atoms with Crippen LogP contribution in [-0.4, -0.2) is 78.5 Å². The zero-order chi connectivity index (χ0) is 12.7. The van der Waals surface area contributed by atoms with Gasteiger partial charge in [0.25, 0.3) is 0 Å². The average Bonchev–Trinajstić information content (AvgIpc) is 2.39. The lowest BCUT2D eigenvalue weighted by molar-refractivity contribution is 0.534. The van der Waals surface area contributed by atoms with Gasteiger partial charge in [0.05, 0.1) is 0 Å². The van der Waals surface area contributed by atoms with E-state index < -0.39 is 0 Å². The van der Waals surface area contributed by atoms with Gasteiger partial charge < -0.3 is 31.9 Å². The van der Waals surface area contributed by atoms with E-state index in [1.54, 1.807) is 0 Å². The van der Waals surface area contributed by atoms with Crippen molar-refractivity contribution in [3.05, 3.63) is 0 Å². The summed E-state index contributed by atoms with van der Waals surface area (Å²) >= 11 is 0. The first-order valence-electron chi connectivity index (χ1n) is 7.24. The highest BCUT2D eigenvalue weighted by molar-refractivity contribution is 5.86. The van der Waals surface area contributed by atoms with Crippen LogP contribution < -0.4 is 31.9 Å². The highest BCUT2D eigenvalue weighted by atomic mass is 35.5. The molecule has 1 heterocycles. The van der Waals surface area contributed by atoms with Crippen molar-refractivity contribution in [2.45, 2.75) is 0 Å². The van der Waals surface area contributed by atoms with Gasteiger partial charge in [0.2, 0.25) is 0 Å². The van der Waals surface area contributed by atoms with E-state index in [0.717, 1.165) is 78.5 Å². The molecular formula is C12H36Cl6N6. The molecule has 6 N–H and O–H groups in total. The maximum absolute atomic E-state index is 3.41. The summed E-state index contributed by atoms with van der Waals surface area (Å²) < 4.78 is 0. The molecule has 0 aliphatic carbocycles. The number of hydrogen-bond donors (Lipinski definition) is 6. The van der Waals surface area contributed by atoms with Crippen LogP contribution in [0.3, 0.4) is 0 Å². The Kier molecular flexibility index (Phi) is 59.7. The molecule has 1 fully saturated rings. The third-order valence-corrected chi connectivity index (χ3v) is 2.87. The molecule has 6 nitrogen and oxygen atoms in total. The summed E-state index contributed by atoms with van der Waals surface area (Å²) in [5.41, 5.74) is 0. The van der Waals surface area contributed by atoms with Gasteiger partial charge in [-0.3, -0.25) is 0 Å². The molecule has 24 heavy (non-hydrogen) atoms. The van der Waals surface area contributed by atoms with Crippen molar-refractivity contribution in [3.63, 3.8) is 0 Å². The van der Waals surface area contributed by atoms with Gasteiger partial charge in [-0.25, -0.2) is 0 Å². The number of halogens is 6. The van der Waals surface area contributed by atoms with Gasteiger partial charge in [-0.2, -0.15) is 0 Å². The third kappa shape index (κ3) is 31.3. The predicted octanol–water partition coefficient (Wildman–Crippen LogP) is 0.0684. The molecule has 1 aliphatic heterocycles. The van der Waals surface area contributed by atoms with E-state index >= 15 is 0 Å². The summed E-state index contributed by atoms with van der Waals surface area (Å²) in [6, 6.07) is 0. The van der Waals surface area contributed by atoms with Crippen molar-refractivity contribution in [1.82, 2.24) is 31.9 Å². The zero-order valence-electron chi connectivity index (χ0n) is 13.9. The van der Waals surface area contributed by atoms with Crippen molar-refractivity contribution in [3.8, 4) is 0 Å². The van der Waals surface area contributed by atoms with E-state index in [1.807, 2.05) is 0 Å². The lowest BCUT2D eigenvalue weighted by Crippen LogP contribution is -2.39. The summed E-state index contributed by atoms with van der Waals surface area (Å²) in [4.78, 5) is 0. The van der Waals surface area contributed by atoms with E-state index in [4.69, 9.17) is 0 Å². The van der Waals surface area contributed by atoms with Crippen LogP contribution in [0, 0.1) is 0 Å². The Morgan fingerprint density at radius 1 is 0.208 bits per heavy atom. The second-order valence-corrected chi connectivity index (χ2v) is 4.50. The van der Waals surface area contributed by atoms with Crippen molar-refractivity contribution in [2.24, 2.45) is 0 Å². The SMILES string of the molecule is C1CNCCNCCNCCNCCNCCN1.Cl.Cl.Cl.Cl.Cl.Cl. The molecule has 0 aromatic rings. The lowest BCUT2D eigenvalue weighted by Gasteiger charge is -2.11. The summed E-state index contributed by atoms with van der Waals surface area (Å²) in [5.74, 6) is 0. The van der Waals surface area contributed by atoms with E-state index in [-0.39, 0.29) is 74.4 Å². The van der Waals surface area contributed by atoms with Crippen LogP contribution in [0.25, 0.3) is 0 Å². The molecule has 0 unspecified atom stereocenters. The van der Waals surface area contributed by atoms with Crippen LogP contribution >= 0.6 is 74.4 Å². The Bertz CT molecular complexity index is 111. The van der Waals surface area contributed by atoms with Crippen LogP contribution in [0.5, 0.6) is 0 Å². The monoisotopic (exact) mass is 474 g/mol. The molecule has 0 spiro atoms. The van der Waals surface area contributed by atoms with Gasteiger partial charge in [-0.1, -0.05) is 0 Å². The summed E-state index contributed by atoms with van der Waals surface area (Å²) in [5, 5.41) is 20.5. The fourth-order valence-electron chi connectivity index (χ4n) is 1.81. The molecular weight excluding hydrogens is 441 g/mol. The minimum Gasteiger partial charge on any atom is -0.314 e. The fourth-order valence-corrected chi connectivity index (χ4v) is 1.81. The second-order valence-electron chi connectivity index (χ2n) is 4.50. The van der Waals surface area contributed by atoms with Gasteiger partial charge in [0.15, 0.2) is 0 Å². The molecule has 0 amide bonds. The molecule has 0 radical (unpaired) electrons. The van der Waals surface area contributed by atoms with Crippen LogP contribution in [-0.2, 0) is 0 Å². The molecule has 0 aromatic heterocycles. The van der Waals surface area contributed by atoms with Crippen LogP contribution in [0.1, 0.15) is 0 Å². The normalized spacial score (nSPS) is 18.0. The van der Waals surface area contributed by atoms with E-state index in [2.05, 4.69) is 31.9 Å². The second kappa shape index (κ2) is 35.6. The zero-order valence-corrected chi connectivity index (χ0v) is 18.8. The first-order valence-corrected chi connectivity index (χ1v) is 7.24. The highest BCUT2D eigenvalue weighted by Crippen LogP contribution is 1.66.